The van der Waals surface area contributed by atoms with Gasteiger partial charge < -0.3 is 20.1 Å². The van der Waals surface area contributed by atoms with Gasteiger partial charge in [0, 0.05) is 6.26 Å². The molecule has 0 aromatic heterocycles. The van der Waals surface area contributed by atoms with E-state index in [0.29, 0.717) is 35.2 Å². The minimum absolute atomic E-state index is 0.216. The van der Waals surface area contributed by atoms with Crippen LogP contribution in [0.2, 0.25) is 0 Å². The molecule has 2 atom stereocenters. The van der Waals surface area contributed by atoms with Crippen molar-refractivity contribution in [3.05, 3.63) is 59.2 Å². The van der Waals surface area contributed by atoms with Crippen molar-refractivity contribution >= 4 is 21.7 Å². The average molecular weight is 458 g/mol. The van der Waals surface area contributed by atoms with Crippen LogP contribution in [0.4, 0.5) is 0 Å². The van der Waals surface area contributed by atoms with E-state index in [1.807, 2.05) is 0 Å². The van der Waals surface area contributed by atoms with Gasteiger partial charge >= 0.3 is 0 Å². The molecule has 1 saturated carbocycles. The molecule has 1 heterocycles. The topological polar surface area (TPSA) is 116 Å². The number of sulfone groups is 1. The van der Waals surface area contributed by atoms with Crippen LogP contribution in [0.25, 0.3) is 0 Å². The monoisotopic (exact) mass is 457 g/mol. The number of amides is 2. The Bertz CT molecular complexity index is 1160. The largest absolute Gasteiger partial charge is 0.493 e. The molecule has 2 aliphatic rings. The molecule has 1 aliphatic heterocycles. The van der Waals surface area contributed by atoms with Crippen LogP contribution in [-0.2, 0) is 14.6 Å². The summed E-state index contributed by atoms with van der Waals surface area (Å²) in [6, 6.07) is 10.7. The minimum Gasteiger partial charge on any atom is -0.493 e. The lowest BCUT2D eigenvalue weighted by Crippen LogP contribution is -2.41. The maximum absolute atomic E-state index is 13.3. The van der Waals surface area contributed by atoms with Gasteiger partial charge in [-0.2, -0.15) is 0 Å². The van der Waals surface area contributed by atoms with E-state index in [0.717, 1.165) is 19.1 Å². The molecule has 1 fully saturated rings. The summed E-state index contributed by atoms with van der Waals surface area (Å²) in [6.07, 6.45) is 3.30. The highest BCUT2D eigenvalue weighted by Crippen LogP contribution is 2.42. The lowest BCUT2D eigenvalue weighted by atomic mass is 10.0. The first-order chi connectivity index (χ1) is 15.2. The Labute approximate surface area is 187 Å². The lowest BCUT2D eigenvalue weighted by Gasteiger charge is -2.32. The molecule has 2 aromatic rings. The summed E-state index contributed by atoms with van der Waals surface area (Å²) in [6.45, 7) is 0.531. The van der Waals surface area contributed by atoms with Gasteiger partial charge in [-0.1, -0.05) is 24.3 Å². The van der Waals surface area contributed by atoms with Gasteiger partial charge in [0.2, 0.25) is 5.91 Å². The van der Waals surface area contributed by atoms with E-state index in [4.69, 9.17) is 15.2 Å². The van der Waals surface area contributed by atoms with Crippen molar-refractivity contribution in [2.75, 3.05) is 25.7 Å². The molecule has 0 saturated heterocycles. The van der Waals surface area contributed by atoms with Crippen LogP contribution < -0.4 is 15.2 Å². The number of nitrogens with zero attached hydrogens (tertiary/aromatic N) is 1. The van der Waals surface area contributed by atoms with E-state index in [-0.39, 0.29) is 11.3 Å². The van der Waals surface area contributed by atoms with Crippen molar-refractivity contribution in [2.45, 2.75) is 24.9 Å². The maximum atomic E-state index is 13.3. The number of primary amides is 1. The Morgan fingerprint density at radius 1 is 1.28 bits per heavy atom. The highest BCUT2D eigenvalue weighted by atomic mass is 32.2. The quantitative estimate of drug-likeness (QED) is 0.616. The normalized spacial score (nSPS) is 18.9. The van der Waals surface area contributed by atoms with Crippen LogP contribution >= 0.6 is 0 Å². The van der Waals surface area contributed by atoms with Gasteiger partial charge in [-0.3, -0.25) is 9.59 Å². The van der Waals surface area contributed by atoms with Crippen molar-refractivity contribution < 1.29 is 27.5 Å². The number of carbonyl (C=O) groups excluding carboxylic acids is 2. The fourth-order valence-corrected chi connectivity index (χ4v) is 4.93. The third-order valence-corrected chi connectivity index (χ3v) is 6.64. The number of ether oxygens (including phenoxy) is 2. The highest BCUT2D eigenvalue weighted by molar-refractivity contribution is 7.90. The number of fused-ring (bicyclic) bond motifs is 1. The molecule has 2 amide bonds. The summed E-state index contributed by atoms with van der Waals surface area (Å²) in [5.74, 6) is -0.154. The lowest BCUT2D eigenvalue weighted by molar-refractivity contribution is -0.123. The molecule has 2 N–H and O–H groups in total. The molecule has 9 heteroatoms. The van der Waals surface area contributed by atoms with Gasteiger partial charge in [0.05, 0.1) is 31.1 Å². The zero-order valence-electron chi connectivity index (χ0n) is 17.9. The van der Waals surface area contributed by atoms with E-state index in [1.165, 1.54) is 12.0 Å². The fourth-order valence-electron chi connectivity index (χ4n) is 4.00. The van der Waals surface area contributed by atoms with Crippen LogP contribution in [0, 0.1) is 12.0 Å². The molecule has 0 bridgehead atoms. The molecule has 1 radical (unpaired) electrons. The number of carbonyl (C=O) groups is 2. The van der Waals surface area contributed by atoms with E-state index < -0.39 is 33.7 Å². The molecular formula is C23H25N2O6S. The number of methoxy groups -OCH3 is 1. The van der Waals surface area contributed by atoms with Crippen molar-refractivity contribution in [3.63, 3.8) is 0 Å². The SMILES string of the molecule is COc1ccc(C(CS(C)(=O)=O)N2C(=O)c3[c]cccc3C2C(N)=O)cc1OCC1CC1. The Kier molecular flexibility index (Phi) is 5.85. The Morgan fingerprint density at radius 3 is 2.66 bits per heavy atom. The van der Waals surface area contributed by atoms with E-state index in [1.54, 1.807) is 36.4 Å². The summed E-state index contributed by atoms with van der Waals surface area (Å²) in [5.41, 5.74) is 6.81. The van der Waals surface area contributed by atoms with Crippen molar-refractivity contribution in [1.29, 1.82) is 0 Å². The second-order valence-corrected chi connectivity index (χ2v) is 10.5. The predicted octanol–water partition coefficient (Wildman–Crippen LogP) is 2.05. The van der Waals surface area contributed by atoms with Gasteiger partial charge in [-0.15, -0.1) is 0 Å². The van der Waals surface area contributed by atoms with Crippen LogP contribution in [0.1, 0.15) is 46.4 Å². The molecule has 1 aliphatic carbocycles. The summed E-state index contributed by atoms with van der Waals surface area (Å²) in [4.78, 5) is 26.9. The number of nitrogens with two attached hydrogens (primary N) is 1. The zero-order valence-corrected chi connectivity index (χ0v) is 18.7. The summed E-state index contributed by atoms with van der Waals surface area (Å²) >= 11 is 0. The third-order valence-electron chi connectivity index (χ3n) is 5.72. The maximum Gasteiger partial charge on any atom is 0.256 e. The third kappa shape index (κ3) is 4.43. The second kappa shape index (κ2) is 8.46. The molecule has 2 aromatic carbocycles. The van der Waals surface area contributed by atoms with E-state index in [9.17, 15) is 18.0 Å². The smallest absolute Gasteiger partial charge is 0.256 e. The first kappa shape index (κ1) is 22.1. The molecule has 8 nitrogen and oxygen atoms in total. The summed E-state index contributed by atoms with van der Waals surface area (Å²) in [7, 11) is -2.02. The van der Waals surface area contributed by atoms with Crippen molar-refractivity contribution in [2.24, 2.45) is 11.7 Å². The van der Waals surface area contributed by atoms with Crippen LogP contribution in [0.15, 0.2) is 36.4 Å². The molecule has 4 rings (SSSR count). The molecule has 2 unspecified atom stereocenters. The first-order valence-electron chi connectivity index (χ1n) is 10.3. The first-order valence-corrected chi connectivity index (χ1v) is 12.4. The van der Waals surface area contributed by atoms with Gasteiger partial charge in [0.1, 0.15) is 15.9 Å². The number of rotatable bonds is 9. The standard InChI is InChI=1S/C23H25N2O6S/c1-30-19-10-9-15(11-20(19)31-12-14-7-8-14)18(13-32(2,28)29)25-21(22(24)26)16-5-3-4-6-17(16)23(25)27/h3-5,9-11,14,18,21H,7-8,12-13H2,1-2H3,(H2,24,26). The zero-order chi connectivity index (χ0) is 23.0. The Morgan fingerprint density at radius 2 is 2.03 bits per heavy atom. The molecule has 32 heavy (non-hydrogen) atoms. The van der Waals surface area contributed by atoms with Crippen molar-refractivity contribution in [1.82, 2.24) is 4.90 Å². The van der Waals surface area contributed by atoms with Gasteiger partial charge in [0.25, 0.3) is 5.91 Å². The van der Waals surface area contributed by atoms with Crippen LogP contribution in [0.5, 0.6) is 11.5 Å². The molecule has 169 valence electrons. The van der Waals surface area contributed by atoms with Gasteiger partial charge in [-0.05, 0) is 48.1 Å². The van der Waals surface area contributed by atoms with E-state index >= 15 is 0 Å². The number of hydrogen-bond acceptors (Lipinski definition) is 6. The summed E-state index contributed by atoms with van der Waals surface area (Å²) in [5, 5.41) is 0. The highest BCUT2D eigenvalue weighted by Gasteiger charge is 2.45. The van der Waals surface area contributed by atoms with Gasteiger partial charge in [0.15, 0.2) is 11.5 Å². The Hall–Kier alpha value is -3.07. The molecular weight excluding hydrogens is 432 g/mol. The number of benzene rings is 2. The summed E-state index contributed by atoms with van der Waals surface area (Å²) < 4.78 is 36.0. The molecule has 0 spiro atoms. The predicted molar refractivity (Wildman–Crippen MR) is 117 cm³/mol. The second-order valence-electron chi connectivity index (χ2n) is 8.29. The van der Waals surface area contributed by atoms with E-state index in [2.05, 4.69) is 6.07 Å². The number of hydrogen-bond donors (Lipinski definition) is 1. The Balaban J connectivity index is 1.79. The fraction of sp³-hybridized carbons (Fsp3) is 0.391. The van der Waals surface area contributed by atoms with Crippen molar-refractivity contribution in [3.8, 4) is 11.5 Å². The minimum atomic E-state index is -3.54. The van der Waals surface area contributed by atoms with Crippen LogP contribution in [0.3, 0.4) is 0 Å². The van der Waals surface area contributed by atoms with Gasteiger partial charge in [-0.25, -0.2) is 8.42 Å². The van der Waals surface area contributed by atoms with Crippen LogP contribution in [-0.4, -0.2) is 50.9 Å². The average Bonchev–Trinajstić information content (AvgIpc) is 3.53.